The standard InChI is InChI=1S/C11H12O2S/c1-14-10-7-9(13-11(10)12)8-5-3-2-4-6-8/h2-6,9-10H,7H2,1H3/t9-,10-/m1/s1. The average Bonchev–Trinajstić information content (AvgIpc) is 2.61. The molecule has 0 unspecified atom stereocenters. The summed E-state index contributed by atoms with van der Waals surface area (Å²) in [6.45, 7) is 0. The molecule has 2 atom stereocenters. The van der Waals surface area contributed by atoms with E-state index in [4.69, 9.17) is 4.74 Å². The molecule has 0 radical (unpaired) electrons. The molecule has 0 spiro atoms. The zero-order valence-electron chi connectivity index (χ0n) is 7.97. The largest absolute Gasteiger partial charge is 0.457 e. The second-order valence-electron chi connectivity index (χ2n) is 3.30. The minimum Gasteiger partial charge on any atom is -0.457 e. The Morgan fingerprint density at radius 3 is 2.64 bits per heavy atom. The van der Waals surface area contributed by atoms with Crippen LogP contribution in [0.3, 0.4) is 0 Å². The van der Waals surface area contributed by atoms with Gasteiger partial charge >= 0.3 is 5.97 Å². The van der Waals surface area contributed by atoms with Crippen molar-refractivity contribution in [3.05, 3.63) is 35.9 Å². The van der Waals surface area contributed by atoms with Crippen molar-refractivity contribution in [2.24, 2.45) is 0 Å². The molecule has 1 aliphatic rings. The number of rotatable bonds is 2. The van der Waals surface area contributed by atoms with Crippen molar-refractivity contribution < 1.29 is 9.53 Å². The lowest BCUT2D eigenvalue weighted by Crippen LogP contribution is -2.08. The van der Waals surface area contributed by atoms with Crippen LogP contribution < -0.4 is 0 Å². The van der Waals surface area contributed by atoms with Crippen LogP contribution in [-0.2, 0) is 9.53 Å². The Hall–Kier alpha value is -0.960. The molecule has 1 aliphatic heterocycles. The van der Waals surface area contributed by atoms with Crippen LogP contribution >= 0.6 is 11.8 Å². The molecule has 0 N–H and O–H groups in total. The van der Waals surface area contributed by atoms with Crippen molar-refractivity contribution in [3.63, 3.8) is 0 Å². The normalized spacial score (nSPS) is 26.2. The van der Waals surface area contributed by atoms with E-state index in [1.165, 1.54) is 0 Å². The van der Waals surface area contributed by atoms with Crippen molar-refractivity contribution in [1.29, 1.82) is 0 Å². The summed E-state index contributed by atoms with van der Waals surface area (Å²) in [6, 6.07) is 9.90. The van der Waals surface area contributed by atoms with Gasteiger partial charge in [-0.15, -0.1) is 0 Å². The molecule has 1 aromatic carbocycles. The van der Waals surface area contributed by atoms with Gasteiger partial charge in [-0.05, 0) is 11.8 Å². The van der Waals surface area contributed by atoms with Crippen molar-refractivity contribution in [2.75, 3.05) is 6.26 Å². The number of thioether (sulfide) groups is 1. The van der Waals surface area contributed by atoms with Gasteiger partial charge < -0.3 is 4.74 Å². The second-order valence-corrected chi connectivity index (χ2v) is 4.34. The van der Waals surface area contributed by atoms with Gasteiger partial charge in [0.1, 0.15) is 11.4 Å². The molecular weight excluding hydrogens is 196 g/mol. The minimum atomic E-state index is -0.0775. The molecule has 0 amide bonds. The Labute approximate surface area is 87.6 Å². The first-order valence-electron chi connectivity index (χ1n) is 4.59. The summed E-state index contributed by atoms with van der Waals surface area (Å²) in [6.07, 6.45) is 2.70. The smallest absolute Gasteiger partial charge is 0.319 e. The Balaban J connectivity index is 2.13. The Morgan fingerprint density at radius 2 is 2.07 bits per heavy atom. The van der Waals surface area contributed by atoms with Gasteiger partial charge in [0, 0.05) is 6.42 Å². The zero-order chi connectivity index (χ0) is 9.97. The molecule has 0 aliphatic carbocycles. The van der Waals surface area contributed by atoms with Gasteiger partial charge in [0.25, 0.3) is 0 Å². The summed E-state index contributed by atoms with van der Waals surface area (Å²) in [5.41, 5.74) is 1.09. The third-order valence-electron chi connectivity index (χ3n) is 2.41. The maximum absolute atomic E-state index is 11.3. The molecule has 2 nitrogen and oxygen atoms in total. The van der Waals surface area contributed by atoms with E-state index in [1.807, 2.05) is 36.6 Å². The van der Waals surface area contributed by atoms with Gasteiger partial charge in [-0.1, -0.05) is 30.3 Å². The molecular formula is C11H12O2S. The molecule has 0 bridgehead atoms. The molecule has 74 valence electrons. The van der Waals surface area contributed by atoms with Gasteiger partial charge in [0.05, 0.1) is 0 Å². The van der Waals surface area contributed by atoms with E-state index in [0.717, 1.165) is 12.0 Å². The van der Waals surface area contributed by atoms with Crippen LogP contribution in [0.25, 0.3) is 0 Å². The van der Waals surface area contributed by atoms with Crippen LogP contribution in [0, 0.1) is 0 Å². The Bertz CT molecular complexity index is 323. The molecule has 0 saturated carbocycles. The van der Waals surface area contributed by atoms with Crippen LogP contribution in [0.1, 0.15) is 18.1 Å². The summed E-state index contributed by atoms with van der Waals surface area (Å²) in [5.74, 6) is -0.0775. The van der Waals surface area contributed by atoms with Crippen LogP contribution in [0.2, 0.25) is 0 Å². The predicted molar refractivity (Wildman–Crippen MR) is 57.2 cm³/mol. The molecule has 1 heterocycles. The minimum absolute atomic E-state index is 0.0141. The van der Waals surface area contributed by atoms with E-state index in [1.54, 1.807) is 11.8 Å². The highest BCUT2D eigenvalue weighted by molar-refractivity contribution is 7.99. The van der Waals surface area contributed by atoms with Gasteiger partial charge in [-0.3, -0.25) is 4.79 Å². The second kappa shape index (κ2) is 4.05. The number of carbonyl (C=O) groups excluding carboxylic acids is 1. The lowest BCUT2D eigenvalue weighted by atomic mass is 10.1. The number of carbonyl (C=O) groups is 1. The van der Waals surface area contributed by atoms with Crippen molar-refractivity contribution >= 4 is 17.7 Å². The Kier molecular flexibility index (Phi) is 2.77. The molecule has 1 saturated heterocycles. The first-order chi connectivity index (χ1) is 6.81. The van der Waals surface area contributed by atoms with Crippen LogP contribution in [0.4, 0.5) is 0 Å². The molecule has 1 fully saturated rings. The number of cyclic esters (lactones) is 1. The summed E-state index contributed by atoms with van der Waals surface area (Å²) >= 11 is 1.56. The summed E-state index contributed by atoms with van der Waals surface area (Å²) in [5, 5.41) is 0.0141. The lowest BCUT2D eigenvalue weighted by molar-refractivity contribution is -0.141. The Morgan fingerprint density at radius 1 is 1.36 bits per heavy atom. The maximum atomic E-state index is 11.3. The number of hydrogen-bond acceptors (Lipinski definition) is 3. The fraction of sp³-hybridized carbons (Fsp3) is 0.364. The van der Waals surface area contributed by atoms with Crippen molar-refractivity contribution in [3.8, 4) is 0 Å². The fourth-order valence-corrected chi connectivity index (χ4v) is 2.23. The van der Waals surface area contributed by atoms with E-state index in [-0.39, 0.29) is 17.3 Å². The van der Waals surface area contributed by atoms with Crippen LogP contribution in [0.15, 0.2) is 30.3 Å². The van der Waals surface area contributed by atoms with E-state index in [2.05, 4.69) is 0 Å². The fourth-order valence-electron chi connectivity index (χ4n) is 1.62. The monoisotopic (exact) mass is 208 g/mol. The quantitative estimate of drug-likeness (QED) is 0.698. The maximum Gasteiger partial charge on any atom is 0.319 e. The van der Waals surface area contributed by atoms with Gasteiger partial charge in [-0.2, -0.15) is 11.8 Å². The molecule has 3 heteroatoms. The van der Waals surface area contributed by atoms with E-state index in [0.29, 0.717) is 0 Å². The van der Waals surface area contributed by atoms with Crippen molar-refractivity contribution in [2.45, 2.75) is 17.8 Å². The SMILES string of the molecule is CS[C@@H]1C[C@H](c2ccccc2)OC1=O. The highest BCUT2D eigenvalue weighted by Gasteiger charge is 2.34. The number of benzene rings is 1. The van der Waals surface area contributed by atoms with E-state index >= 15 is 0 Å². The average molecular weight is 208 g/mol. The third-order valence-corrected chi connectivity index (χ3v) is 3.36. The van der Waals surface area contributed by atoms with E-state index < -0.39 is 0 Å². The number of esters is 1. The summed E-state index contributed by atoms with van der Waals surface area (Å²) in [4.78, 5) is 11.3. The van der Waals surface area contributed by atoms with Crippen LogP contribution in [-0.4, -0.2) is 17.5 Å². The number of hydrogen-bond donors (Lipinski definition) is 0. The number of ether oxygens (including phenoxy) is 1. The topological polar surface area (TPSA) is 26.3 Å². The zero-order valence-corrected chi connectivity index (χ0v) is 8.79. The first kappa shape index (κ1) is 9.59. The molecule has 0 aromatic heterocycles. The first-order valence-corrected chi connectivity index (χ1v) is 5.88. The van der Waals surface area contributed by atoms with Gasteiger partial charge in [0.2, 0.25) is 0 Å². The predicted octanol–water partition coefficient (Wildman–Crippen LogP) is 2.41. The van der Waals surface area contributed by atoms with Gasteiger partial charge in [-0.25, -0.2) is 0 Å². The molecule has 2 rings (SSSR count). The molecule has 14 heavy (non-hydrogen) atoms. The molecule has 1 aromatic rings. The van der Waals surface area contributed by atoms with E-state index in [9.17, 15) is 4.79 Å². The third kappa shape index (κ3) is 1.77. The summed E-state index contributed by atoms with van der Waals surface area (Å²) in [7, 11) is 0. The lowest BCUT2D eigenvalue weighted by Gasteiger charge is -2.07. The highest BCUT2D eigenvalue weighted by Crippen LogP contribution is 2.34. The van der Waals surface area contributed by atoms with Crippen LogP contribution in [0.5, 0.6) is 0 Å². The van der Waals surface area contributed by atoms with Crippen molar-refractivity contribution in [1.82, 2.24) is 0 Å². The summed E-state index contributed by atoms with van der Waals surface area (Å²) < 4.78 is 5.29. The highest BCUT2D eigenvalue weighted by atomic mass is 32.2. The van der Waals surface area contributed by atoms with Gasteiger partial charge in [0.15, 0.2) is 0 Å².